The van der Waals surface area contributed by atoms with Crippen LogP contribution in [0.2, 0.25) is 0 Å². The SMILES string of the molecule is CCc1nc2scc(C(=O)O)c2c(=O)n1C(C)C(=O)Nc1ccc(Br)cc1. The molecule has 0 radical (unpaired) electrons. The minimum absolute atomic E-state index is 0.0352. The molecule has 9 heteroatoms. The number of fused-ring (bicyclic) bond motifs is 1. The van der Waals surface area contributed by atoms with Gasteiger partial charge >= 0.3 is 5.97 Å². The number of nitrogens with zero attached hydrogens (tertiary/aromatic N) is 2. The molecule has 140 valence electrons. The zero-order valence-corrected chi connectivity index (χ0v) is 16.9. The van der Waals surface area contributed by atoms with Gasteiger partial charge in [-0.15, -0.1) is 11.3 Å². The molecule has 1 atom stereocenters. The molecule has 0 fully saturated rings. The highest BCUT2D eigenvalue weighted by Crippen LogP contribution is 2.23. The van der Waals surface area contributed by atoms with E-state index in [0.29, 0.717) is 22.8 Å². The van der Waals surface area contributed by atoms with Gasteiger partial charge in [-0.05, 0) is 31.2 Å². The van der Waals surface area contributed by atoms with Crippen molar-refractivity contribution in [3.05, 3.63) is 55.9 Å². The molecule has 0 aliphatic carbocycles. The summed E-state index contributed by atoms with van der Waals surface area (Å²) < 4.78 is 2.15. The molecule has 0 aliphatic heterocycles. The smallest absolute Gasteiger partial charge is 0.337 e. The van der Waals surface area contributed by atoms with Gasteiger partial charge in [0.15, 0.2) is 0 Å². The summed E-state index contributed by atoms with van der Waals surface area (Å²) in [7, 11) is 0. The number of carbonyl (C=O) groups excluding carboxylic acids is 1. The molecular formula is C18H16BrN3O4S. The van der Waals surface area contributed by atoms with E-state index in [1.807, 2.05) is 6.92 Å². The number of hydrogen-bond donors (Lipinski definition) is 2. The van der Waals surface area contributed by atoms with E-state index in [2.05, 4.69) is 26.2 Å². The number of hydrogen-bond acceptors (Lipinski definition) is 5. The summed E-state index contributed by atoms with van der Waals surface area (Å²) in [6, 6.07) is 6.21. The maximum atomic E-state index is 13.0. The zero-order chi connectivity index (χ0) is 19.7. The number of benzene rings is 1. The first kappa shape index (κ1) is 19.2. The number of nitrogens with one attached hydrogen (secondary N) is 1. The molecule has 0 aliphatic rings. The first-order valence-corrected chi connectivity index (χ1v) is 9.83. The lowest BCUT2D eigenvalue weighted by Crippen LogP contribution is -2.34. The predicted molar refractivity (Wildman–Crippen MR) is 108 cm³/mol. The lowest BCUT2D eigenvalue weighted by atomic mass is 10.2. The summed E-state index contributed by atoms with van der Waals surface area (Å²) in [5, 5.41) is 13.5. The number of aryl methyl sites for hydroxylation is 1. The van der Waals surface area contributed by atoms with Gasteiger partial charge in [-0.1, -0.05) is 22.9 Å². The Morgan fingerprint density at radius 2 is 2.00 bits per heavy atom. The van der Waals surface area contributed by atoms with Crippen LogP contribution in [0.15, 0.2) is 38.9 Å². The summed E-state index contributed by atoms with van der Waals surface area (Å²) in [6.45, 7) is 3.42. The van der Waals surface area contributed by atoms with Gasteiger partial charge in [-0.25, -0.2) is 9.78 Å². The molecule has 27 heavy (non-hydrogen) atoms. The van der Waals surface area contributed by atoms with E-state index in [1.165, 1.54) is 9.95 Å². The van der Waals surface area contributed by atoms with Crippen molar-refractivity contribution in [1.29, 1.82) is 0 Å². The third kappa shape index (κ3) is 3.65. The lowest BCUT2D eigenvalue weighted by Gasteiger charge is -2.18. The van der Waals surface area contributed by atoms with Crippen LogP contribution in [-0.4, -0.2) is 26.5 Å². The summed E-state index contributed by atoms with van der Waals surface area (Å²) in [5.41, 5.74) is -0.0182. The Kier molecular flexibility index (Phi) is 5.43. The Labute approximate surface area is 166 Å². The van der Waals surface area contributed by atoms with Gasteiger partial charge in [0.05, 0.1) is 10.9 Å². The normalized spacial score (nSPS) is 12.1. The van der Waals surface area contributed by atoms with Crippen molar-refractivity contribution < 1.29 is 14.7 Å². The predicted octanol–water partition coefficient (Wildman–Crippen LogP) is 3.68. The Morgan fingerprint density at radius 1 is 1.33 bits per heavy atom. The van der Waals surface area contributed by atoms with Crippen molar-refractivity contribution in [2.24, 2.45) is 0 Å². The second kappa shape index (κ2) is 7.61. The zero-order valence-electron chi connectivity index (χ0n) is 14.5. The van der Waals surface area contributed by atoms with Crippen molar-refractivity contribution in [2.75, 3.05) is 5.32 Å². The van der Waals surface area contributed by atoms with Crippen molar-refractivity contribution in [3.63, 3.8) is 0 Å². The molecule has 1 aromatic carbocycles. The highest BCUT2D eigenvalue weighted by molar-refractivity contribution is 9.10. The molecule has 7 nitrogen and oxygen atoms in total. The quantitative estimate of drug-likeness (QED) is 0.618. The largest absolute Gasteiger partial charge is 0.478 e. The third-order valence-corrected chi connectivity index (χ3v) is 5.54. The van der Waals surface area contributed by atoms with Crippen molar-refractivity contribution in [1.82, 2.24) is 9.55 Å². The van der Waals surface area contributed by atoms with Gasteiger partial charge in [0.2, 0.25) is 5.91 Å². The fourth-order valence-electron chi connectivity index (χ4n) is 2.75. The number of carboxylic acids is 1. The van der Waals surface area contributed by atoms with Crippen LogP contribution in [0.5, 0.6) is 0 Å². The highest BCUT2D eigenvalue weighted by Gasteiger charge is 2.24. The minimum atomic E-state index is -1.19. The highest BCUT2D eigenvalue weighted by atomic mass is 79.9. The molecule has 0 bridgehead atoms. The fourth-order valence-corrected chi connectivity index (χ4v) is 3.93. The summed E-state index contributed by atoms with van der Waals surface area (Å²) in [6.07, 6.45) is 0.432. The monoisotopic (exact) mass is 449 g/mol. The summed E-state index contributed by atoms with van der Waals surface area (Å²) >= 11 is 4.44. The number of anilines is 1. The number of thiophene rings is 1. The third-order valence-electron chi connectivity index (χ3n) is 4.14. The van der Waals surface area contributed by atoms with Crippen LogP contribution in [0.25, 0.3) is 10.2 Å². The number of halogens is 1. The molecule has 3 rings (SSSR count). The Morgan fingerprint density at radius 3 is 2.59 bits per heavy atom. The second-order valence-electron chi connectivity index (χ2n) is 5.86. The van der Waals surface area contributed by atoms with Crippen LogP contribution in [0.4, 0.5) is 5.69 Å². The molecule has 0 saturated carbocycles. The molecule has 3 aromatic rings. The topological polar surface area (TPSA) is 101 Å². The van der Waals surface area contributed by atoms with Crippen LogP contribution in [0.3, 0.4) is 0 Å². The van der Waals surface area contributed by atoms with Crippen molar-refractivity contribution >= 4 is 55.0 Å². The van der Waals surface area contributed by atoms with E-state index < -0.39 is 17.6 Å². The molecule has 0 saturated heterocycles. The minimum Gasteiger partial charge on any atom is -0.478 e. The first-order valence-electron chi connectivity index (χ1n) is 8.15. The van der Waals surface area contributed by atoms with Gasteiger partial charge in [0, 0.05) is 22.0 Å². The average molecular weight is 450 g/mol. The molecule has 2 aromatic heterocycles. The Bertz CT molecular complexity index is 1090. The number of aromatic nitrogens is 2. The molecule has 2 heterocycles. The van der Waals surface area contributed by atoms with Gasteiger partial charge in [0.1, 0.15) is 16.7 Å². The van der Waals surface area contributed by atoms with E-state index in [0.717, 1.165) is 15.8 Å². The van der Waals surface area contributed by atoms with Gasteiger partial charge in [-0.3, -0.25) is 14.2 Å². The van der Waals surface area contributed by atoms with Gasteiger partial charge in [-0.2, -0.15) is 0 Å². The van der Waals surface area contributed by atoms with Crippen LogP contribution in [0.1, 0.15) is 36.1 Å². The number of carboxylic acid groups (broad SMARTS) is 1. The van der Waals surface area contributed by atoms with Gasteiger partial charge < -0.3 is 10.4 Å². The first-order chi connectivity index (χ1) is 12.8. The fraction of sp³-hybridized carbons (Fsp3) is 0.222. The Hall–Kier alpha value is -2.52. The maximum Gasteiger partial charge on any atom is 0.337 e. The van der Waals surface area contributed by atoms with E-state index in [1.54, 1.807) is 31.2 Å². The average Bonchev–Trinajstić information content (AvgIpc) is 3.07. The van der Waals surface area contributed by atoms with Gasteiger partial charge in [0.25, 0.3) is 5.56 Å². The summed E-state index contributed by atoms with van der Waals surface area (Å²) in [4.78, 5) is 41.9. The molecule has 0 spiro atoms. The number of carbonyl (C=O) groups is 2. The van der Waals surface area contributed by atoms with Crippen LogP contribution in [0, 0.1) is 0 Å². The Balaban J connectivity index is 2.05. The van der Waals surface area contributed by atoms with E-state index in [9.17, 15) is 19.5 Å². The van der Waals surface area contributed by atoms with Crippen LogP contribution >= 0.6 is 27.3 Å². The van der Waals surface area contributed by atoms with Crippen molar-refractivity contribution in [3.8, 4) is 0 Å². The standard InChI is InChI=1S/C18H16BrN3O4S/c1-3-13-21-16-14(12(8-27-16)18(25)26)17(24)22(13)9(2)15(23)20-11-6-4-10(19)5-7-11/h4-9H,3H2,1-2H3,(H,20,23)(H,25,26). The molecule has 2 N–H and O–H groups in total. The summed E-state index contributed by atoms with van der Waals surface area (Å²) in [5.74, 6) is -1.14. The van der Waals surface area contributed by atoms with Crippen LogP contribution < -0.4 is 10.9 Å². The molecule has 1 unspecified atom stereocenters. The number of aromatic carboxylic acids is 1. The van der Waals surface area contributed by atoms with Crippen LogP contribution in [-0.2, 0) is 11.2 Å². The molecule has 1 amide bonds. The van der Waals surface area contributed by atoms with E-state index in [-0.39, 0.29) is 16.9 Å². The second-order valence-corrected chi connectivity index (χ2v) is 7.64. The van der Waals surface area contributed by atoms with Crippen molar-refractivity contribution in [2.45, 2.75) is 26.3 Å². The van der Waals surface area contributed by atoms with E-state index >= 15 is 0 Å². The maximum absolute atomic E-state index is 13.0. The number of amides is 1. The molecular weight excluding hydrogens is 434 g/mol. The van der Waals surface area contributed by atoms with E-state index in [4.69, 9.17) is 0 Å². The number of rotatable bonds is 5. The lowest BCUT2D eigenvalue weighted by molar-refractivity contribution is -0.118.